The van der Waals surface area contributed by atoms with E-state index in [9.17, 15) is 4.79 Å². The number of carbonyl (C=O) groups is 1. The van der Waals surface area contributed by atoms with Crippen molar-refractivity contribution in [1.82, 2.24) is 0 Å². The van der Waals surface area contributed by atoms with E-state index in [-0.39, 0.29) is 11.7 Å². The van der Waals surface area contributed by atoms with Crippen LogP contribution >= 0.6 is 0 Å². The van der Waals surface area contributed by atoms with Crippen molar-refractivity contribution in [2.75, 3.05) is 0 Å². The van der Waals surface area contributed by atoms with Gasteiger partial charge in [-0.25, -0.2) is 0 Å². The first-order valence-corrected chi connectivity index (χ1v) is 5.36. The Morgan fingerprint density at radius 2 is 1.93 bits per heavy atom. The fraction of sp³-hybridized carbons (Fsp3) is 0.818. The number of Topliss-reactive ketones (excluding diaryl/α,β-unsaturated/α-hetero) is 1. The second-order valence-corrected chi connectivity index (χ2v) is 4.50. The minimum atomic E-state index is -0.0188. The van der Waals surface area contributed by atoms with Gasteiger partial charge in [0.05, 0.1) is 0 Å². The standard InChI is InChI=1S/C11H18N2O/c1-8(2)9-3-5-10(6-4-9)11(14)7-13-12/h7-10H,3-6H2,1-2H3/t9-,10+. The van der Waals surface area contributed by atoms with Crippen LogP contribution in [0.5, 0.6) is 0 Å². The second kappa shape index (κ2) is 5.06. The van der Waals surface area contributed by atoms with Gasteiger partial charge in [0.25, 0.3) is 0 Å². The van der Waals surface area contributed by atoms with Crippen LogP contribution < -0.4 is 0 Å². The molecular formula is C11H18N2O. The Hall–Kier alpha value is -0.950. The van der Waals surface area contributed by atoms with Gasteiger partial charge in [-0.15, -0.1) is 0 Å². The van der Waals surface area contributed by atoms with Gasteiger partial charge >= 0.3 is 6.21 Å². The van der Waals surface area contributed by atoms with Crippen molar-refractivity contribution in [3.63, 3.8) is 0 Å². The van der Waals surface area contributed by atoms with Gasteiger partial charge in [-0.2, -0.15) is 4.79 Å². The maximum absolute atomic E-state index is 11.4. The van der Waals surface area contributed by atoms with Gasteiger partial charge in [-0.3, -0.25) is 4.79 Å². The zero-order valence-corrected chi connectivity index (χ0v) is 8.94. The molecule has 0 saturated heterocycles. The number of hydrogen-bond donors (Lipinski definition) is 0. The highest BCUT2D eigenvalue weighted by Crippen LogP contribution is 2.33. The van der Waals surface area contributed by atoms with Crippen LogP contribution in [0.3, 0.4) is 0 Å². The lowest BCUT2D eigenvalue weighted by Gasteiger charge is -2.28. The highest BCUT2D eigenvalue weighted by Gasteiger charge is 2.28. The largest absolute Gasteiger partial charge is 0.361 e. The topological polar surface area (TPSA) is 53.5 Å². The zero-order valence-electron chi connectivity index (χ0n) is 8.94. The molecule has 0 radical (unpaired) electrons. The van der Waals surface area contributed by atoms with Crippen molar-refractivity contribution in [2.45, 2.75) is 39.5 Å². The molecule has 0 unspecified atom stereocenters. The van der Waals surface area contributed by atoms with Gasteiger partial charge in [-0.05, 0) is 37.5 Å². The Kier molecular flexibility index (Phi) is 4.02. The summed E-state index contributed by atoms with van der Waals surface area (Å²) in [7, 11) is 0. The summed E-state index contributed by atoms with van der Waals surface area (Å²) in [4.78, 5) is 14.2. The van der Waals surface area contributed by atoms with Crippen LogP contribution in [0.15, 0.2) is 0 Å². The van der Waals surface area contributed by atoms with E-state index < -0.39 is 0 Å². The van der Waals surface area contributed by atoms with E-state index in [4.69, 9.17) is 5.53 Å². The van der Waals surface area contributed by atoms with Crippen molar-refractivity contribution in [2.24, 2.45) is 17.8 Å². The summed E-state index contributed by atoms with van der Waals surface area (Å²) in [5, 5.41) is 0. The normalized spacial score (nSPS) is 27.1. The lowest BCUT2D eigenvalue weighted by Crippen LogP contribution is -2.24. The van der Waals surface area contributed by atoms with Crippen LogP contribution in [0.1, 0.15) is 39.5 Å². The number of rotatable bonds is 3. The fourth-order valence-corrected chi connectivity index (χ4v) is 2.23. The predicted molar refractivity (Wildman–Crippen MR) is 55.0 cm³/mol. The van der Waals surface area contributed by atoms with E-state index in [0.29, 0.717) is 0 Å². The average Bonchev–Trinajstić information content (AvgIpc) is 2.18. The molecule has 78 valence electrons. The Morgan fingerprint density at radius 1 is 1.36 bits per heavy atom. The highest BCUT2D eigenvalue weighted by atomic mass is 16.1. The van der Waals surface area contributed by atoms with E-state index in [0.717, 1.165) is 43.7 Å². The third-order valence-corrected chi connectivity index (χ3v) is 3.30. The van der Waals surface area contributed by atoms with Gasteiger partial charge in [0.15, 0.2) is 0 Å². The summed E-state index contributed by atoms with van der Waals surface area (Å²) in [5.41, 5.74) is 8.26. The molecule has 0 spiro atoms. The smallest absolute Gasteiger partial charge is 0.323 e. The van der Waals surface area contributed by atoms with Crippen LogP contribution in [0.2, 0.25) is 0 Å². The van der Waals surface area contributed by atoms with E-state index in [1.807, 2.05) is 0 Å². The summed E-state index contributed by atoms with van der Waals surface area (Å²) in [6.45, 7) is 4.48. The summed E-state index contributed by atoms with van der Waals surface area (Å²) in [6, 6.07) is 0. The Labute approximate surface area is 85.1 Å². The molecule has 0 aromatic heterocycles. The van der Waals surface area contributed by atoms with Crippen molar-refractivity contribution < 1.29 is 9.58 Å². The molecule has 1 aliphatic rings. The minimum Gasteiger partial charge on any atom is -0.361 e. The predicted octanol–water partition coefficient (Wildman–Crippen LogP) is 2.32. The number of hydrogen-bond acceptors (Lipinski definition) is 1. The molecule has 14 heavy (non-hydrogen) atoms. The third-order valence-electron chi connectivity index (χ3n) is 3.30. The van der Waals surface area contributed by atoms with Crippen LogP contribution in [-0.2, 0) is 4.79 Å². The monoisotopic (exact) mass is 194 g/mol. The average molecular weight is 194 g/mol. The first kappa shape index (κ1) is 11.1. The first-order valence-electron chi connectivity index (χ1n) is 5.36. The van der Waals surface area contributed by atoms with E-state index in [2.05, 4.69) is 18.6 Å². The van der Waals surface area contributed by atoms with E-state index >= 15 is 0 Å². The molecule has 1 saturated carbocycles. The van der Waals surface area contributed by atoms with Crippen LogP contribution in [-0.4, -0.2) is 16.8 Å². The highest BCUT2D eigenvalue weighted by molar-refractivity contribution is 6.26. The molecule has 3 nitrogen and oxygen atoms in total. The van der Waals surface area contributed by atoms with Crippen molar-refractivity contribution in [3.05, 3.63) is 5.53 Å². The molecule has 0 aromatic carbocycles. The van der Waals surface area contributed by atoms with E-state index in [1.54, 1.807) is 0 Å². The van der Waals surface area contributed by atoms with Gasteiger partial charge in [0.2, 0.25) is 5.78 Å². The van der Waals surface area contributed by atoms with Gasteiger partial charge < -0.3 is 5.53 Å². The summed E-state index contributed by atoms with van der Waals surface area (Å²) in [6.07, 6.45) is 5.21. The molecule has 0 amide bonds. The van der Waals surface area contributed by atoms with Crippen molar-refractivity contribution in [1.29, 1.82) is 0 Å². The van der Waals surface area contributed by atoms with Crippen LogP contribution in [0.25, 0.3) is 5.53 Å². The SMILES string of the molecule is CC(C)[C@H]1CC[C@@H](C(=O)C=[N+]=[N-])CC1. The fourth-order valence-electron chi connectivity index (χ4n) is 2.23. The lowest BCUT2D eigenvalue weighted by molar-refractivity contribution is -0.120. The number of nitrogens with zero attached hydrogens (tertiary/aromatic N) is 2. The molecule has 0 atom stereocenters. The van der Waals surface area contributed by atoms with Crippen molar-refractivity contribution >= 4 is 12.0 Å². The summed E-state index contributed by atoms with van der Waals surface area (Å²) < 4.78 is 0. The third kappa shape index (κ3) is 2.78. The van der Waals surface area contributed by atoms with Crippen LogP contribution in [0, 0.1) is 17.8 Å². The molecule has 0 aliphatic heterocycles. The molecule has 1 fully saturated rings. The maximum atomic E-state index is 11.4. The van der Waals surface area contributed by atoms with Crippen LogP contribution in [0.4, 0.5) is 0 Å². The Bertz CT molecular complexity index is 246. The lowest BCUT2D eigenvalue weighted by atomic mass is 9.76. The van der Waals surface area contributed by atoms with Gasteiger partial charge in [0, 0.05) is 5.92 Å². The quantitative estimate of drug-likeness (QED) is 0.386. The zero-order chi connectivity index (χ0) is 10.6. The summed E-state index contributed by atoms with van der Waals surface area (Å²) in [5.74, 6) is 1.57. The molecule has 0 aromatic rings. The molecular weight excluding hydrogens is 176 g/mol. The Morgan fingerprint density at radius 3 is 2.36 bits per heavy atom. The molecule has 0 heterocycles. The number of carbonyl (C=O) groups excluding carboxylic acids is 1. The van der Waals surface area contributed by atoms with Crippen molar-refractivity contribution in [3.8, 4) is 0 Å². The van der Waals surface area contributed by atoms with E-state index in [1.165, 1.54) is 0 Å². The maximum Gasteiger partial charge on any atom is 0.323 e. The molecule has 1 aliphatic carbocycles. The second-order valence-electron chi connectivity index (χ2n) is 4.50. The first-order chi connectivity index (χ1) is 6.65. The molecule has 0 N–H and O–H groups in total. The minimum absolute atomic E-state index is 0.0188. The summed E-state index contributed by atoms with van der Waals surface area (Å²) >= 11 is 0. The number of ketones is 1. The molecule has 0 bridgehead atoms. The van der Waals surface area contributed by atoms with Gasteiger partial charge in [-0.1, -0.05) is 13.8 Å². The molecule has 3 heteroatoms. The Balaban J connectivity index is 2.43. The van der Waals surface area contributed by atoms with Gasteiger partial charge in [0.1, 0.15) is 0 Å². The molecule has 1 rings (SSSR count).